The van der Waals surface area contributed by atoms with Gasteiger partial charge in [0.25, 0.3) is 0 Å². The molecule has 0 aliphatic carbocycles. The third-order valence-corrected chi connectivity index (χ3v) is 5.19. The van der Waals surface area contributed by atoms with Crippen LogP contribution in [0.1, 0.15) is 18.4 Å². The summed E-state index contributed by atoms with van der Waals surface area (Å²) < 4.78 is 24.8. The van der Waals surface area contributed by atoms with Gasteiger partial charge in [-0.15, -0.1) is 0 Å². The molecule has 3 nitrogen and oxygen atoms in total. The molecule has 1 atom stereocenters. The lowest BCUT2D eigenvalue weighted by Gasteiger charge is -2.24. The van der Waals surface area contributed by atoms with E-state index in [-0.39, 0.29) is 11.9 Å². The molecule has 1 saturated heterocycles. The largest absolute Gasteiger partial charge is 0.490 e. The number of benzene rings is 2. The third-order valence-electron chi connectivity index (χ3n) is 4.59. The highest BCUT2D eigenvalue weighted by molar-refractivity contribution is 6.37. The molecule has 146 valence electrons. The Morgan fingerprint density at radius 2 is 1.85 bits per heavy atom. The van der Waals surface area contributed by atoms with Crippen LogP contribution in [0.5, 0.6) is 5.75 Å². The van der Waals surface area contributed by atoms with Crippen molar-refractivity contribution in [2.45, 2.75) is 25.4 Å². The number of para-hydroxylation sites is 1. The second kappa shape index (κ2) is 10.3. The predicted octanol–water partition coefficient (Wildman–Crippen LogP) is 5.24. The molecule has 0 amide bonds. The minimum Gasteiger partial charge on any atom is -0.490 e. The van der Waals surface area contributed by atoms with Crippen molar-refractivity contribution in [3.63, 3.8) is 0 Å². The number of nitrogens with zero attached hydrogens (tertiary/aromatic N) is 1. The SMILES string of the molecule is Fc1ccc(CC2CN(CCCOc3c(Cl)cccc3Cl)CCCO2)cc1. The molecule has 6 heteroatoms. The van der Waals surface area contributed by atoms with Gasteiger partial charge in [0.15, 0.2) is 5.75 Å². The first kappa shape index (κ1) is 20.4. The van der Waals surface area contributed by atoms with Gasteiger partial charge >= 0.3 is 0 Å². The zero-order valence-electron chi connectivity index (χ0n) is 15.2. The summed E-state index contributed by atoms with van der Waals surface area (Å²) >= 11 is 12.2. The molecular weight excluding hydrogens is 388 g/mol. The molecule has 2 aromatic rings. The molecule has 0 radical (unpaired) electrons. The lowest BCUT2D eigenvalue weighted by molar-refractivity contribution is 0.0541. The van der Waals surface area contributed by atoms with Gasteiger partial charge in [-0.25, -0.2) is 4.39 Å². The number of rotatable bonds is 7. The van der Waals surface area contributed by atoms with Crippen molar-refractivity contribution in [2.24, 2.45) is 0 Å². The van der Waals surface area contributed by atoms with Gasteiger partial charge in [0.2, 0.25) is 0 Å². The average Bonchev–Trinajstić information content (AvgIpc) is 2.88. The molecule has 0 aromatic heterocycles. The monoisotopic (exact) mass is 411 g/mol. The normalized spacial score (nSPS) is 18.3. The summed E-state index contributed by atoms with van der Waals surface area (Å²) in [7, 11) is 0. The van der Waals surface area contributed by atoms with Gasteiger partial charge in [-0.2, -0.15) is 0 Å². The second-order valence-corrected chi connectivity index (χ2v) is 7.54. The van der Waals surface area contributed by atoms with Crippen LogP contribution in [-0.2, 0) is 11.2 Å². The Hall–Kier alpha value is -1.33. The van der Waals surface area contributed by atoms with Gasteiger partial charge in [0, 0.05) is 26.2 Å². The van der Waals surface area contributed by atoms with Gasteiger partial charge < -0.3 is 14.4 Å². The summed E-state index contributed by atoms with van der Waals surface area (Å²) in [5, 5.41) is 1.06. The predicted molar refractivity (Wildman–Crippen MR) is 107 cm³/mol. The first-order valence-corrected chi connectivity index (χ1v) is 10.0. The molecule has 1 unspecified atom stereocenters. The standard InChI is InChI=1S/C21H24Cl2FNO2/c22-19-4-1-5-20(23)21(19)27-13-3-11-25-10-2-12-26-18(15-25)14-16-6-8-17(24)9-7-16/h1,4-9,18H,2-3,10-15H2. The Balaban J connectivity index is 1.45. The van der Waals surface area contributed by atoms with Gasteiger partial charge in [0.05, 0.1) is 22.8 Å². The lowest BCUT2D eigenvalue weighted by atomic mass is 10.1. The van der Waals surface area contributed by atoms with Crippen LogP contribution in [0.2, 0.25) is 10.0 Å². The first-order chi connectivity index (χ1) is 13.1. The molecule has 1 heterocycles. The zero-order chi connectivity index (χ0) is 19.1. The fourth-order valence-electron chi connectivity index (χ4n) is 3.26. The topological polar surface area (TPSA) is 21.7 Å². The van der Waals surface area contributed by atoms with Crippen molar-refractivity contribution < 1.29 is 13.9 Å². The molecule has 3 rings (SSSR count). The smallest absolute Gasteiger partial charge is 0.156 e. The number of halogens is 3. The molecule has 27 heavy (non-hydrogen) atoms. The molecule has 1 aliphatic rings. The van der Waals surface area contributed by atoms with Crippen molar-refractivity contribution >= 4 is 23.2 Å². The van der Waals surface area contributed by atoms with E-state index in [1.54, 1.807) is 18.2 Å². The van der Waals surface area contributed by atoms with E-state index >= 15 is 0 Å². The summed E-state index contributed by atoms with van der Waals surface area (Å²) in [4.78, 5) is 2.40. The van der Waals surface area contributed by atoms with Crippen molar-refractivity contribution in [2.75, 3.05) is 32.8 Å². The van der Waals surface area contributed by atoms with E-state index in [0.29, 0.717) is 22.4 Å². The molecule has 1 aliphatic heterocycles. The summed E-state index contributed by atoms with van der Waals surface area (Å²) in [6, 6.07) is 12.0. The Kier molecular flexibility index (Phi) is 7.77. The van der Waals surface area contributed by atoms with E-state index in [0.717, 1.165) is 51.1 Å². The average molecular weight is 412 g/mol. The van der Waals surface area contributed by atoms with Crippen molar-refractivity contribution in [3.8, 4) is 5.75 Å². The first-order valence-electron chi connectivity index (χ1n) is 9.27. The summed E-state index contributed by atoms with van der Waals surface area (Å²) in [6.45, 7) is 4.11. The van der Waals surface area contributed by atoms with Crippen LogP contribution < -0.4 is 4.74 Å². The fraction of sp³-hybridized carbons (Fsp3) is 0.429. The van der Waals surface area contributed by atoms with Crippen LogP contribution in [0.15, 0.2) is 42.5 Å². The molecular formula is C21H24Cl2FNO2. The number of hydrogen-bond donors (Lipinski definition) is 0. The zero-order valence-corrected chi connectivity index (χ0v) is 16.7. The minimum absolute atomic E-state index is 0.122. The third kappa shape index (κ3) is 6.35. The Bertz CT molecular complexity index is 706. The van der Waals surface area contributed by atoms with E-state index in [1.165, 1.54) is 12.1 Å². The van der Waals surface area contributed by atoms with Crippen molar-refractivity contribution in [3.05, 3.63) is 63.9 Å². The molecule has 0 saturated carbocycles. The van der Waals surface area contributed by atoms with Crippen molar-refractivity contribution in [1.82, 2.24) is 4.90 Å². The number of ether oxygens (including phenoxy) is 2. The van der Waals surface area contributed by atoms with E-state index in [4.69, 9.17) is 32.7 Å². The second-order valence-electron chi connectivity index (χ2n) is 6.73. The van der Waals surface area contributed by atoms with Crippen LogP contribution in [0.3, 0.4) is 0 Å². The van der Waals surface area contributed by atoms with Crippen LogP contribution in [0, 0.1) is 5.82 Å². The molecule has 0 bridgehead atoms. The van der Waals surface area contributed by atoms with E-state index in [2.05, 4.69) is 4.90 Å². The van der Waals surface area contributed by atoms with E-state index < -0.39 is 0 Å². The van der Waals surface area contributed by atoms with Crippen LogP contribution >= 0.6 is 23.2 Å². The Labute approximate surface area is 170 Å². The van der Waals surface area contributed by atoms with Crippen LogP contribution in [0.4, 0.5) is 4.39 Å². The molecule has 0 N–H and O–H groups in total. The van der Waals surface area contributed by atoms with Crippen LogP contribution in [-0.4, -0.2) is 43.9 Å². The van der Waals surface area contributed by atoms with Crippen molar-refractivity contribution in [1.29, 1.82) is 0 Å². The minimum atomic E-state index is -0.208. The molecule has 2 aromatic carbocycles. The summed E-state index contributed by atoms with van der Waals surface area (Å²) in [6.07, 6.45) is 2.81. The highest BCUT2D eigenvalue weighted by Crippen LogP contribution is 2.32. The van der Waals surface area contributed by atoms with Gasteiger partial charge in [-0.05, 0) is 49.1 Å². The summed E-state index contributed by atoms with van der Waals surface area (Å²) in [5.41, 5.74) is 1.10. The van der Waals surface area contributed by atoms with Crippen LogP contribution in [0.25, 0.3) is 0 Å². The maximum atomic E-state index is 13.1. The highest BCUT2D eigenvalue weighted by Gasteiger charge is 2.19. The highest BCUT2D eigenvalue weighted by atomic mass is 35.5. The maximum absolute atomic E-state index is 13.1. The Morgan fingerprint density at radius 1 is 1.11 bits per heavy atom. The van der Waals surface area contributed by atoms with Gasteiger partial charge in [-0.3, -0.25) is 0 Å². The maximum Gasteiger partial charge on any atom is 0.156 e. The van der Waals surface area contributed by atoms with Gasteiger partial charge in [-0.1, -0.05) is 41.4 Å². The van der Waals surface area contributed by atoms with Gasteiger partial charge in [0.1, 0.15) is 5.82 Å². The Morgan fingerprint density at radius 3 is 2.59 bits per heavy atom. The quantitative estimate of drug-likeness (QED) is 0.581. The van der Waals surface area contributed by atoms with E-state index in [1.807, 2.05) is 12.1 Å². The lowest BCUT2D eigenvalue weighted by Crippen LogP contribution is -2.34. The van der Waals surface area contributed by atoms with E-state index in [9.17, 15) is 4.39 Å². The molecule has 0 spiro atoms. The summed E-state index contributed by atoms with van der Waals surface area (Å²) in [5.74, 6) is 0.343. The molecule has 1 fully saturated rings. The fourth-order valence-corrected chi connectivity index (χ4v) is 3.77. The number of hydrogen-bond acceptors (Lipinski definition) is 3.